The Morgan fingerprint density at radius 2 is 1.59 bits per heavy atom. The van der Waals surface area contributed by atoms with Gasteiger partial charge in [-0.25, -0.2) is 9.97 Å². The fourth-order valence-electron chi connectivity index (χ4n) is 3.13. The summed E-state index contributed by atoms with van der Waals surface area (Å²) in [5.41, 5.74) is 4.73. The molecule has 0 atom stereocenters. The Hall–Kier alpha value is -3.28. The Labute approximate surface area is 171 Å². The lowest BCUT2D eigenvalue weighted by Gasteiger charge is -2.20. The van der Waals surface area contributed by atoms with Gasteiger partial charge in [0.25, 0.3) is 5.91 Å². The van der Waals surface area contributed by atoms with Gasteiger partial charge in [0, 0.05) is 30.8 Å². The van der Waals surface area contributed by atoms with Crippen molar-refractivity contribution < 1.29 is 4.79 Å². The monoisotopic (exact) mass is 389 g/mol. The van der Waals surface area contributed by atoms with Crippen LogP contribution in [-0.2, 0) is 6.54 Å². The van der Waals surface area contributed by atoms with Crippen molar-refractivity contribution in [3.63, 3.8) is 0 Å². The summed E-state index contributed by atoms with van der Waals surface area (Å²) >= 11 is 0. The van der Waals surface area contributed by atoms with Crippen LogP contribution in [0, 0.1) is 0 Å². The first kappa shape index (κ1) is 20.5. The topological polar surface area (TPSA) is 79.8 Å². The van der Waals surface area contributed by atoms with E-state index in [2.05, 4.69) is 71.5 Å². The highest BCUT2D eigenvalue weighted by molar-refractivity contribution is 5.92. The van der Waals surface area contributed by atoms with E-state index in [-0.39, 0.29) is 5.91 Å². The molecule has 0 saturated heterocycles. The maximum absolute atomic E-state index is 12.5. The largest absolute Gasteiger partial charge is 0.347 e. The van der Waals surface area contributed by atoms with Crippen LogP contribution in [0.1, 0.15) is 66.7 Å². The van der Waals surface area contributed by atoms with Gasteiger partial charge in [-0.2, -0.15) is 0 Å². The van der Waals surface area contributed by atoms with Crippen molar-refractivity contribution in [2.75, 3.05) is 5.32 Å². The average Bonchev–Trinajstić information content (AvgIpc) is 2.72. The van der Waals surface area contributed by atoms with E-state index in [1.807, 2.05) is 12.1 Å². The fraction of sp³-hybridized carbons (Fsp3) is 0.304. The van der Waals surface area contributed by atoms with E-state index < -0.39 is 0 Å². The number of aromatic nitrogens is 3. The number of benzene rings is 1. The molecule has 0 spiro atoms. The number of rotatable bonds is 7. The third kappa shape index (κ3) is 5.16. The lowest BCUT2D eigenvalue weighted by atomic mass is 9.93. The molecule has 150 valence electrons. The predicted octanol–water partition coefficient (Wildman–Crippen LogP) is 4.79. The van der Waals surface area contributed by atoms with Crippen molar-refractivity contribution in [2.24, 2.45) is 0 Å². The number of hydrogen-bond acceptors (Lipinski definition) is 5. The summed E-state index contributed by atoms with van der Waals surface area (Å²) in [5, 5.41) is 6.24. The Bertz CT molecular complexity index is 944. The second-order valence-electron chi connectivity index (χ2n) is 7.55. The zero-order valence-electron chi connectivity index (χ0n) is 17.3. The summed E-state index contributed by atoms with van der Waals surface area (Å²) in [5.74, 6) is 0.871. The quantitative estimate of drug-likeness (QED) is 0.607. The Kier molecular flexibility index (Phi) is 6.54. The van der Waals surface area contributed by atoms with E-state index in [4.69, 9.17) is 0 Å². The van der Waals surface area contributed by atoms with Crippen LogP contribution in [0.25, 0.3) is 0 Å². The normalized spacial score (nSPS) is 11.0. The van der Waals surface area contributed by atoms with Gasteiger partial charge in [-0.3, -0.25) is 9.78 Å². The van der Waals surface area contributed by atoms with E-state index in [1.165, 1.54) is 11.1 Å². The molecular weight excluding hydrogens is 362 g/mol. The van der Waals surface area contributed by atoms with Gasteiger partial charge >= 0.3 is 0 Å². The molecule has 0 aliphatic carbocycles. The van der Waals surface area contributed by atoms with Crippen molar-refractivity contribution in [3.8, 4) is 0 Å². The van der Waals surface area contributed by atoms with Crippen LogP contribution in [0.15, 0.2) is 55.0 Å². The molecule has 0 radical (unpaired) electrons. The summed E-state index contributed by atoms with van der Waals surface area (Å²) in [6.07, 6.45) is 5.00. The number of carbonyl (C=O) groups is 1. The SMILES string of the molecule is CC(C)c1cccc(C(C)C)c1Nc1nccc(C(=O)NCc2ccncc2)n1. The van der Waals surface area contributed by atoms with E-state index >= 15 is 0 Å². The molecule has 2 N–H and O–H groups in total. The molecule has 6 nitrogen and oxygen atoms in total. The molecule has 2 heterocycles. The van der Waals surface area contributed by atoms with Crippen LogP contribution in [0.2, 0.25) is 0 Å². The standard InChI is InChI=1S/C23H27N5O/c1-15(2)18-6-5-7-19(16(3)4)21(18)28-23-25-13-10-20(27-23)22(29)26-14-17-8-11-24-12-9-17/h5-13,15-16H,14H2,1-4H3,(H,26,29)(H,25,27,28). The summed E-state index contributed by atoms with van der Waals surface area (Å²) in [4.78, 5) is 25.3. The van der Waals surface area contributed by atoms with Gasteiger partial charge in [-0.1, -0.05) is 45.9 Å². The molecule has 1 aromatic carbocycles. The number of nitrogens with zero attached hydrogens (tertiary/aromatic N) is 3. The van der Waals surface area contributed by atoms with Crippen LogP contribution in [0.4, 0.5) is 11.6 Å². The fourth-order valence-corrected chi connectivity index (χ4v) is 3.13. The molecule has 0 fully saturated rings. The van der Waals surface area contributed by atoms with Gasteiger partial charge in [0.1, 0.15) is 5.69 Å². The Morgan fingerprint density at radius 1 is 0.931 bits per heavy atom. The first-order valence-corrected chi connectivity index (χ1v) is 9.85. The number of anilines is 2. The van der Waals surface area contributed by atoms with Crippen molar-refractivity contribution >= 4 is 17.5 Å². The summed E-state index contributed by atoms with van der Waals surface area (Å²) < 4.78 is 0. The summed E-state index contributed by atoms with van der Waals surface area (Å²) in [6, 6.07) is 11.7. The minimum atomic E-state index is -0.242. The maximum Gasteiger partial charge on any atom is 0.270 e. The maximum atomic E-state index is 12.5. The van der Waals surface area contributed by atoms with Crippen LogP contribution < -0.4 is 10.6 Å². The smallest absolute Gasteiger partial charge is 0.270 e. The number of para-hydroxylation sites is 1. The molecule has 6 heteroatoms. The molecule has 0 saturated carbocycles. The third-order valence-corrected chi connectivity index (χ3v) is 4.70. The van der Waals surface area contributed by atoms with Gasteiger partial charge in [-0.15, -0.1) is 0 Å². The number of pyridine rings is 1. The third-order valence-electron chi connectivity index (χ3n) is 4.70. The van der Waals surface area contributed by atoms with Gasteiger partial charge < -0.3 is 10.6 Å². The Morgan fingerprint density at radius 3 is 2.21 bits per heavy atom. The van der Waals surface area contributed by atoms with Gasteiger partial charge in [0.2, 0.25) is 5.95 Å². The molecule has 3 rings (SSSR count). The van der Waals surface area contributed by atoms with Crippen molar-refractivity contribution in [1.82, 2.24) is 20.3 Å². The minimum absolute atomic E-state index is 0.242. The van der Waals surface area contributed by atoms with E-state index in [0.717, 1.165) is 11.3 Å². The number of nitrogens with one attached hydrogen (secondary N) is 2. The van der Waals surface area contributed by atoms with Crippen LogP contribution in [-0.4, -0.2) is 20.9 Å². The van der Waals surface area contributed by atoms with Crippen LogP contribution in [0.5, 0.6) is 0 Å². The summed E-state index contributed by atoms with van der Waals surface area (Å²) in [6.45, 7) is 9.06. The molecule has 3 aromatic rings. The van der Waals surface area contributed by atoms with Gasteiger partial charge in [0.15, 0.2) is 0 Å². The molecular formula is C23H27N5O. The number of amides is 1. The first-order chi connectivity index (χ1) is 14.0. The highest BCUT2D eigenvalue weighted by Crippen LogP contribution is 2.33. The van der Waals surface area contributed by atoms with Crippen LogP contribution in [0.3, 0.4) is 0 Å². The van der Waals surface area contributed by atoms with Crippen molar-refractivity contribution in [1.29, 1.82) is 0 Å². The van der Waals surface area contributed by atoms with Crippen LogP contribution >= 0.6 is 0 Å². The average molecular weight is 390 g/mol. The van der Waals surface area contributed by atoms with Gasteiger partial charge in [0.05, 0.1) is 0 Å². The van der Waals surface area contributed by atoms with E-state index in [1.54, 1.807) is 24.7 Å². The highest BCUT2D eigenvalue weighted by atomic mass is 16.1. The molecule has 0 aliphatic heterocycles. The van der Waals surface area contributed by atoms with E-state index in [9.17, 15) is 4.79 Å². The second-order valence-corrected chi connectivity index (χ2v) is 7.55. The first-order valence-electron chi connectivity index (χ1n) is 9.85. The zero-order valence-corrected chi connectivity index (χ0v) is 17.3. The number of hydrogen-bond donors (Lipinski definition) is 2. The predicted molar refractivity (Wildman–Crippen MR) is 115 cm³/mol. The van der Waals surface area contributed by atoms with E-state index in [0.29, 0.717) is 30.0 Å². The van der Waals surface area contributed by atoms with Gasteiger partial charge in [-0.05, 0) is 46.7 Å². The molecule has 2 aromatic heterocycles. The molecule has 0 aliphatic rings. The highest BCUT2D eigenvalue weighted by Gasteiger charge is 2.16. The lowest BCUT2D eigenvalue weighted by molar-refractivity contribution is 0.0946. The van der Waals surface area contributed by atoms with Crippen molar-refractivity contribution in [2.45, 2.75) is 46.1 Å². The zero-order chi connectivity index (χ0) is 20.8. The molecule has 0 bridgehead atoms. The molecule has 0 unspecified atom stereocenters. The number of carbonyl (C=O) groups excluding carboxylic acids is 1. The lowest BCUT2D eigenvalue weighted by Crippen LogP contribution is -2.24. The second kappa shape index (κ2) is 9.28. The molecule has 29 heavy (non-hydrogen) atoms. The molecule has 1 amide bonds. The minimum Gasteiger partial charge on any atom is -0.347 e. The summed E-state index contributed by atoms with van der Waals surface area (Å²) in [7, 11) is 0. The van der Waals surface area contributed by atoms with Crippen molar-refractivity contribution in [3.05, 3.63) is 77.4 Å². The Balaban J connectivity index is 1.81.